The van der Waals surface area contributed by atoms with Crippen molar-refractivity contribution in [2.24, 2.45) is 0 Å². The molecule has 0 spiro atoms. The molecule has 0 N–H and O–H groups in total. The molecule has 0 amide bonds. The van der Waals surface area contributed by atoms with Crippen molar-refractivity contribution < 1.29 is 19.0 Å². The quantitative estimate of drug-likeness (QED) is 0.561. The fraction of sp³-hybridized carbons (Fsp3) is 0.400. The van der Waals surface area contributed by atoms with Gasteiger partial charge in [-0.15, -0.1) is 0 Å². The van der Waals surface area contributed by atoms with Crippen molar-refractivity contribution in [3.63, 3.8) is 0 Å². The highest BCUT2D eigenvalue weighted by Gasteiger charge is 2.06. The Morgan fingerprint density at radius 1 is 1.21 bits per heavy atom. The zero-order chi connectivity index (χ0) is 14.1. The SMILES string of the molecule is CCOc1cccc(OCC=C(CC)C(=O)OC)c1. The lowest BCUT2D eigenvalue weighted by Crippen LogP contribution is -2.06. The van der Waals surface area contributed by atoms with Crippen LogP contribution in [0.25, 0.3) is 0 Å². The molecule has 0 radical (unpaired) electrons. The van der Waals surface area contributed by atoms with Crippen LogP contribution in [0.1, 0.15) is 20.3 Å². The monoisotopic (exact) mass is 264 g/mol. The van der Waals surface area contributed by atoms with Crippen LogP contribution >= 0.6 is 0 Å². The maximum absolute atomic E-state index is 11.4. The highest BCUT2D eigenvalue weighted by atomic mass is 16.5. The number of carbonyl (C=O) groups is 1. The molecule has 1 aromatic rings. The number of hydrogen-bond acceptors (Lipinski definition) is 4. The highest BCUT2D eigenvalue weighted by Crippen LogP contribution is 2.19. The lowest BCUT2D eigenvalue weighted by atomic mass is 10.2. The number of rotatable bonds is 7. The van der Waals surface area contributed by atoms with Crippen LogP contribution in [-0.4, -0.2) is 26.3 Å². The molecule has 0 heterocycles. The minimum Gasteiger partial charge on any atom is -0.494 e. The van der Waals surface area contributed by atoms with Gasteiger partial charge in [0.05, 0.1) is 13.7 Å². The second-order valence-corrected chi connectivity index (χ2v) is 3.79. The summed E-state index contributed by atoms with van der Waals surface area (Å²) in [5, 5.41) is 0. The van der Waals surface area contributed by atoms with Gasteiger partial charge in [-0.3, -0.25) is 0 Å². The van der Waals surface area contributed by atoms with Gasteiger partial charge < -0.3 is 14.2 Å². The molecule has 0 atom stereocenters. The number of ether oxygens (including phenoxy) is 3. The Labute approximate surface area is 114 Å². The van der Waals surface area contributed by atoms with Gasteiger partial charge >= 0.3 is 5.97 Å². The highest BCUT2D eigenvalue weighted by molar-refractivity contribution is 5.88. The van der Waals surface area contributed by atoms with E-state index in [-0.39, 0.29) is 5.97 Å². The number of hydrogen-bond donors (Lipinski definition) is 0. The van der Waals surface area contributed by atoms with E-state index in [0.717, 1.165) is 5.75 Å². The molecule has 1 aromatic carbocycles. The van der Waals surface area contributed by atoms with Crippen LogP contribution in [0.4, 0.5) is 0 Å². The van der Waals surface area contributed by atoms with Gasteiger partial charge in [0.1, 0.15) is 18.1 Å². The third kappa shape index (κ3) is 5.04. The van der Waals surface area contributed by atoms with Gasteiger partial charge in [0, 0.05) is 11.6 Å². The minimum absolute atomic E-state index is 0.311. The van der Waals surface area contributed by atoms with E-state index in [9.17, 15) is 4.79 Å². The second-order valence-electron chi connectivity index (χ2n) is 3.79. The third-order valence-electron chi connectivity index (χ3n) is 2.52. The number of carbonyl (C=O) groups excluding carboxylic acids is 1. The van der Waals surface area contributed by atoms with E-state index < -0.39 is 0 Å². The Bertz CT molecular complexity index is 438. The Balaban J connectivity index is 2.58. The van der Waals surface area contributed by atoms with E-state index in [2.05, 4.69) is 4.74 Å². The molecule has 0 fully saturated rings. The van der Waals surface area contributed by atoms with Crippen molar-refractivity contribution in [3.05, 3.63) is 35.9 Å². The van der Waals surface area contributed by atoms with Crippen LogP contribution in [0.15, 0.2) is 35.9 Å². The minimum atomic E-state index is -0.311. The van der Waals surface area contributed by atoms with Crippen LogP contribution in [0.2, 0.25) is 0 Å². The van der Waals surface area contributed by atoms with E-state index in [1.165, 1.54) is 7.11 Å². The first-order valence-electron chi connectivity index (χ1n) is 6.34. The van der Waals surface area contributed by atoms with E-state index >= 15 is 0 Å². The number of methoxy groups -OCH3 is 1. The fourth-order valence-electron chi connectivity index (χ4n) is 1.56. The van der Waals surface area contributed by atoms with Crippen LogP contribution in [0.3, 0.4) is 0 Å². The predicted octanol–water partition coefficient (Wildman–Crippen LogP) is 2.97. The number of esters is 1. The van der Waals surface area contributed by atoms with Gasteiger partial charge in [0.25, 0.3) is 0 Å². The van der Waals surface area contributed by atoms with Crippen molar-refractivity contribution >= 4 is 5.97 Å². The lowest BCUT2D eigenvalue weighted by molar-refractivity contribution is -0.136. The first-order valence-corrected chi connectivity index (χ1v) is 6.34. The average Bonchev–Trinajstić information content (AvgIpc) is 2.44. The molecule has 0 bridgehead atoms. The predicted molar refractivity (Wildman–Crippen MR) is 73.5 cm³/mol. The summed E-state index contributed by atoms with van der Waals surface area (Å²) in [5.74, 6) is 1.17. The molecule has 0 aliphatic carbocycles. The third-order valence-corrected chi connectivity index (χ3v) is 2.52. The van der Waals surface area contributed by atoms with E-state index in [0.29, 0.717) is 31.0 Å². The van der Waals surface area contributed by atoms with Crippen molar-refractivity contribution in [2.75, 3.05) is 20.3 Å². The summed E-state index contributed by atoms with van der Waals surface area (Å²) < 4.78 is 15.6. The summed E-state index contributed by atoms with van der Waals surface area (Å²) in [6.07, 6.45) is 2.36. The topological polar surface area (TPSA) is 44.8 Å². The summed E-state index contributed by atoms with van der Waals surface area (Å²) in [6.45, 7) is 4.78. The molecule has 104 valence electrons. The Morgan fingerprint density at radius 3 is 2.47 bits per heavy atom. The van der Waals surface area contributed by atoms with Crippen molar-refractivity contribution in [1.82, 2.24) is 0 Å². The molecular formula is C15H20O4. The summed E-state index contributed by atoms with van der Waals surface area (Å²) in [5.41, 5.74) is 0.614. The van der Waals surface area contributed by atoms with Crippen molar-refractivity contribution in [2.45, 2.75) is 20.3 Å². The molecule has 0 aliphatic rings. The summed E-state index contributed by atoms with van der Waals surface area (Å²) in [7, 11) is 1.37. The largest absolute Gasteiger partial charge is 0.494 e. The molecule has 19 heavy (non-hydrogen) atoms. The number of benzene rings is 1. The average molecular weight is 264 g/mol. The fourth-order valence-corrected chi connectivity index (χ4v) is 1.56. The lowest BCUT2D eigenvalue weighted by Gasteiger charge is -2.07. The zero-order valence-electron chi connectivity index (χ0n) is 11.6. The molecule has 0 unspecified atom stereocenters. The molecule has 0 saturated carbocycles. The van der Waals surface area contributed by atoms with Crippen molar-refractivity contribution in [1.29, 1.82) is 0 Å². The summed E-state index contributed by atoms with van der Waals surface area (Å²) in [6, 6.07) is 7.41. The summed E-state index contributed by atoms with van der Waals surface area (Å²) in [4.78, 5) is 11.4. The van der Waals surface area contributed by atoms with Gasteiger partial charge in [-0.25, -0.2) is 4.79 Å². The first-order chi connectivity index (χ1) is 9.21. The van der Waals surface area contributed by atoms with Gasteiger partial charge in [-0.05, 0) is 31.6 Å². The maximum Gasteiger partial charge on any atom is 0.333 e. The second kappa shape index (κ2) is 8.19. The molecule has 0 aliphatic heterocycles. The molecule has 0 aromatic heterocycles. The van der Waals surface area contributed by atoms with Gasteiger partial charge in [-0.1, -0.05) is 13.0 Å². The van der Waals surface area contributed by atoms with E-state index in [4.69, 9.17) is 9.47 Å². The van der Waals surface area contributed by atoms with Gasteiger partial charge in [0.15, 0.2) is 0 Å². The van der Waals surface area contributed by atoms with Gasteiger partial charge in [-0.2, -0.15) is 0 Å². The smallest absolute Gasteiger partial charge is 0.333 e. The summed E-state index contributed by atoms with van der Waals surface area (Å²) >= 11 is 0. The Kier molecular flexibility index (Phi) is 6.50. The zero-order valence-corrected chi connectivity index (χ0v) is 11.6. The maximum atomic E-state index is 11.4. The van der Waals surface area contributed by atoms with Crippen LogP contribution in [0, 0.1) is 0 Å². The molecule has 0 saturated heterocycles. The van der Waals surface area contributed by atoms with Crippen LogP contribution in [0.5, 0.6) is 11.5 Å². The van der Waals surface area contributed by atoms with Crippen LogP contribution < -0.4 is 9.47 Å². The molecule has 1 rings (SSSR count). The molecule has 4 nitrogen and oxygen atoms in total. The molecular weight excluding hydrogens is 244 g/mol. The normalized spacial score (nSPS) is 11.0. The molecule has 4 heteroatoms. The first kappa shape index (κ1) is 15.1. The Hall–Kier alpha value is -1.97. The van der Waals surface area contributed by atoms with E-state index in [1.807, 2.05) is 38.1 Å². The van der Waals surface area contributed by atoms with Crippen LogP contribution in [-0.2, 0) is 9.53 Å². The Morgan fingerprint density at radius 2 is 1.89 bits per heavy atom. The van der Waals surface area contributed by atoms with Crippen molar-refractivity contribution in [3.8, 4) is 11.5 Å². The van der Waals surface area contributed by atoms with E-state index in [1.54, 1.807) is 6.08 Å². The van der Waals surface area contributed by atoms with Gasteiger partial charge in [0.2, 0.25) is 0 Å². The standard InChI is InChI=1S/C15H20O4/c1-4-12(15(16)17-3)9-10-19-14-8-6-7-13(11-14)18-5-2/h6-9,11H,4-5,10H2,1-3H3.